The number of carboxylic acids is 1. The number of thioether (sulfide) groups is 1. The van der Waals surface area contributed by atoms with Crippen molar-refractivity contribution in [1.29, 1.82) is 0 Å². The molecule has 0 aromatic heterocycles. The zero-order chi connectivity index (χ0) is 16.1. The Kier molecular flexibility index (Phi) is 3.71. The van der Waals surface area contributed by atoms with Gasteiger partial charge in [-0.2, -0.15) is 0 Å². The van der Waals surface area contributed by atoms with Crippen LogP contribution in [0, 0.1) is 0 Å². The van der Waals surface area contributed by atoms with Crippen molar-refractivity contribution in [2.75, 3.05) is 17.2 Å². The highest BCUT2D eigenvalue weighted by Crippen LogP contribution is 2.48. The maximum absolute atomic E-state index is 12.3. The number of benzene rings is 1. The van der Waals surface area contributed by atoms with Crippen LogP contribution in [0.5, 0.6) is 0 Å². The molecule has 0 aliphatic carbocycles. The summed E-state index contributed by atoms with van der Waals surface area (Å²) in [4.78, 5) is 25.3. The Labute approximate surface area is 134 Å². The molecule has 1 saturated heterocycles. The Morgan fingerprint density at radius 1 is 1.41 bits per heavy atom. The van der Waals surface area contributed by atoms with Crippen LogP contribution in [0.25, 0.3) is 0 Å². The highest BCUT2D eigenvalue weighted by molar-refractivity contribution is 8.13. The first-order valence-corrected chi connectivity index (χ1v) is 8.57. The third-order valence-electron chi connectivity index (χ3n) is 4.54. The Bertz CT molecular complexity index is 635. The summed E-state index contributed by atoms with van der Waals surface area (Å²) in [7, 11) is 0. The van der Waals surface area contributed by atoms with E-state index >= 15 is 0 Å². The second kappa shape index (κ2) is 5.30. The molecular weight excluding hydrogens is 298 g/mol. The molecule has 2 atom stereocenters. The zero-order valence-corrected chi connectivity index (χ0v) is 13.9. The molecule has 2 aliphatic heterocycles. The van der Waals surface area contributed by atoms with Gasteiger partial charge < -0.3 is 10.0 Å². The molecule has 0 amide bonds. The topological polar surface area (TPSA) is 57.6 Å². The van der Waals surface area contributed by atoms with Crippen LogP contribution in [-0.2, 0) is 15.0 Å². The first-order chi connectivity index (χ1) is 10.3. The van der Waals surface area contributed by atoms with Gasteiger partial charge in [-0.05, 0) is 29.0 Å². The van der Waals surface area contributed by atoms with Gasteiger partial charge >= 0.3 is 5.97 Å². The van der Waals surface area contributed by atoms with Crippen LogP contribution in [0.15, 0.2) is 18.2 Å². The summed E-state index contributed by atoms with van der Waals surface area (Å²) in [5.41, 5.74) is 3.33. The SMILES string of the molecule is CC(C)(C)c1ccc2c(c1)C1CCSC(=O)C1N2CC(=O)O. The predicted octanol–water partition coefficient (Wildman–Crippen LogP) is 3.00. The fraction of sp³-hybridized carbons (Fsp3) is 0.529. The molecule has 5 heteroatoms. The average molecular weight is 319 g/mol. The first-order valence-electron chi connectivity index (χ1n) is 7.58. The van der Waals surface area contributed by atoms with Crippen LogP contribution in [0.3, 0.4) is 0 Å². The minimum atomic E-state index is -0.894. The van der Waals surface area contributed by atoms with Crippen molar-refractivity contribution < 1.29 is 14.7 Å². The maximum atomic E-state index is 12.3. The molecule has 2 aliphatic rings. The highest BCUT2D eigenvalue weighted by Gasteiger charge is 2.45. The summed E-state index contributed by atoms with van der Waals surface area (Å²) in [6.07, 6.45) is 0.928. The van der Waals surface area contributed by atoms with Gasteiger partial charge in [-0.25, -0.2) is 0 Å². The van der Waals surface area contributed by atoms with Gasteiger partial charge in [-0.3, -0.25) is 9.59 Å². The summed E-state index contributed by atoms with van der Waals surface area (Å²) >= 11 is 1.33. The third-order valence-corrected chi connectivity index (χ3v) is 5.51. The Balaban J connectivity index is 2.08. The number of nitrogens with zero attached hydrogens (tertiary/aromatic N) is 1. The molecule has 0 bridgehead atoms. The van der Waals surface area contributed by atoms with E-state index in [1.807, 2.05) is 6.07 Å². The third kappa shape index (κ3) is 2.51. The van der Waals surface area contributed by atoms with Crippen molar-refractivity contribution in [3.05, 3.63) is 29.3 Å². The number of carboxylic acid groups (broad SMARTS) is 1. The monoisotopic (exact) mass is 319 g/mol. The average Bonchev–Trinajstić information content (AvgIpc) is 2.73. The second-order valence-corrected chi connectivity index (χ2v) is 8.15. The Hall–Kier alpha value is -1.49. The van der Waals surface area contributed by atoms with Crippen LogP contribution in [0.4, 0.5) is 5.69 Å². The van der Waals surface area contributed by atoms with Crippen LogP contribution < -0.4 is 4.90 Å². The fourth-order valence-corrected chi connectivity index (χ4v) is 4.46. The van der Waals surface area contributed by atoms with Crippen LogP contribution in [0.2, 0.25) is 0 Å². The Morgan fingerprint density at radius 2 is 2.14 bits per heavy atom. The minimum absolute atomic E-state index is 0.0399. The maximum Gasteiger partial charge on any atom is 0.323 e. The largest absolute Gasteiger partial charge is 0.480 e. The van der Waals surface area contributed by atoms with Crippen molar-refractivity contribution in [2.24, 2.45) is 0 Å². The van der Waals surface area contributed by atoms with Gasteiger partial charge in [0.25, 0.3) is 0 Å². The van der Waals surface area contributed by atoms with E-state index in [4.69, 9.17) is 0 Å². The number of fused-ring (bicyclic) bond motifs is 3. The van der Waals surface area contributed by atoms with E-state index in [0.717, 1.165) is 23.4 Å². The molecule has 0 spiro atoms. The fourth-order valence-electron chi connectivity index (χ4n) is 3.42. The molecular formula is C17H21NO3S. The summed E-state index contributed by atoms with van der Waals surface area (Å²) in [6, 6.07) is 5.91. The van der Waals surface area contributed by atoms with Crippen molar-refractivity contribution in [3.8, 4) is 0 Å². The van der Waals surface area contributed by atoms with Gasteiger partial charge in [0.1, 0.15) is 12.6 Å². The van der Waals surface area contributed by atoms with Crippen molar-refractivity contribution in [1.82, 2.24) is 0 Å². The zero-order valence-electron chi connectivity index (χ0n) is 13.1. The highest BCUT2D eigenvalue weighted by atomic mass is 32.2. The van der Waals surface area contributed by atoms with Crippen LogP contribution in [0.1, 0.15) is 44.2 Å². The second-order valence-electron chi connectivity index (χ2n) is 7.05. The lowest BCUT2D eigenvalue weighted by Crippen LogP contribution is -2.44. The van der Waals surface area contributed by atoms with Crippen molar-refractivity contribution >= 4 is 28.5 Å². The van der Waals surface area contributed by atoms with Crippen LogP contribution in [-0.4, -0.2) is 34.5 Å². The number of hydrogen-bond donors (Lipinski definition) is 1. The molecule has 2 unspecified atom stereocenters. The molecule has 0 saturated carbocycles. The van der Waals surface area contributed by atoms with E-state index in [-0.39, 0.29) is 29.0 Å². The molecule has 2 heterocycles. The number of aliphatic carboxylic acids is 1. The number of carbonyl (C=O) groups is 2. The van der Waals surface area contributed by atoms with E-state index in [1.165, 1.54) is 17.3 Å². The predicted molar refractivity (Wildman–Crippen MR) is 88.7 cm³/mol. The quantitative estimate of drug-likeness (QED) is 0.908. The lowest BCUT2D eigenvalue weighted by Gasteiger charge is -2.30. The summed E-state index contributed by atoms with van der Waals surface area (Å²) in [5.74, 6) is 0.0559. The minimum Gasteiger partial charge on any atom is -0.480 e. The van der Waals surface area contributed by atoms with Crippen molar-refractivity contribution in [3.63, 3.8) is 0 Å². The molecule has 22 heavy (non-hydrogen) atoms. The standard InChI is InChI=1S/C17H21NO3S/c1-17(2,3)10-4-5-13-12(8-10)11-6-7-22-16(21)15(11)18(13)9-14(19)20/h4-5,8,11,15H,6-7,9H2,1-3H3,(H,19,20). The summed E-state index contributed by atoms with van der Waals surface area (Å²) in [5, 5.41) is 9.30. The normalized spacial score (nSPS) is 24.1. The van der Waals surface area contributed by atoms with E-state index in [2.05, 4.69) is 32.9 Å². The van der Waals surface area contributed by atoms with E-state index in [9.17, 15) is 14.7 Å². The molecule has 1 fully saturated rings. The summed E-state index contributed by atoms with van der Waals surface area (Å²) in [6.45, 7) is 6.38. The molecule has 1 N–H and O–H groups in total. The molecule has 4 nitrogen and oxygen atoms in total. The van der Waals surface area contributed by atoms with Gasteiger partial charge in [0.2, 0.25) is 5.12 Å². The number of anilines is 1. The van der Waals surface area contributed by atoms with E-state index < -0.39 is 5.97 Å². The smallest absolute Gasteiger partial charge is 0.323 e. The summed E-state index contributed by atoms with van der Waals surface area (Å²) < 4.78 is 0. The van der Waals surface area contributed by atoms with Crippen molar-refractivity contribution in [2.45, 2.75) is 44.6 Å². The van der Waals surface area contributed by atoms with Gasteiger partial charge in [0, 0.05) is 17.4 Å². The molecule has 1 aromatic rings. The molecule has 0 radical (unpaired) electrons. The lowest BCUT2D eigenvalue weighted by molar-refractivity contribution is -0.135. The van der Waals surface area contributed by atoms with E-state index in [1.54, 1.807) is 4.90 Å². The van der Waals surface area contributed by atoms with Gasteiger partial charge in [-0.15, -0.1) is 0 Å². The number of carbonyl (C=O) groups excluding carboxylic acids is 1. The van der Waals surface area contributed by atoms with Gasteiger partial charge in [-0.1, -0.05) is 44.7 Å². The molecule has 1 aromatic carbocycles. The van der Waals surface area contributed by atoms with Gasteiger partial charge in [0.15, 0.2) is 0 Å². The van der Waals surface area contributed by atoms with Crippen LogP contribution >= 0.6 is 11.8 Å². The lowest BCUT2D eigenvalue weighted by atomic mass is 9.83. The number of rotatable bonds is 2. The van der Waals surface area contributed by atoms with E-state index in [0.29, 0.717) is 0 Å². The Morgan fingerprint density at radius 3 is 2.77 bits per heavy atom. The molecule has 3 rings (SSSR count). The molecule has 118 valence electrons. The number of hydrogen-bond acceptors (Lipinski definition) is 4. The first kappa shape index (κ1) is 15.4. The van der Waals surface area contributed by atoms with Gasteiger partial charge in [0.05, 0.1) is 0 Å².